The standard InChI is InChI=1S/C22H22N6O/c23-14-16-3-5-17(6-4-16)20-19-7-9-28(18-2-1-8-24-15-18)21(19)26-22(25-20)27-10-12-29-13-11-27/h1-3,5-6,8,15-16H,4,7,9-13H2. The minimum Gasteiger partial charge on any atom is -0.378 e. The highest BCUT2D eigenvalue weighted by molar-refractivity contribution is 5.80. The Morgan fingerprint density at radius 3 is 2.79 bits per heavy atom. The first-order chi connectivity index (χ1) is 14.3. The Morgan fingerprint density at radius 2 is 2.07 bits per heavy atom. The lowest BCUT2D eigenvalue weighted by Gasteiger charge is -2.28. The van der Waals surface area contributed by atoms with Crippen LogP contribution in [0.4, 0.5) is 17.5 Å². The normalized spacial score (nSPS) is 20.9. The average Bonchev–Trinajstić information content (AvgIpc) is 3.24. The Morgan fingerprint density at radius 1 is 1.17 bits per heavy atom. The third kappa shape index (κ3) is 3.36. The highest BCUT2D eigenvalue weighted by Gasteiger charge is 2.29. The quantitative estimate of drug-likeness (QED) is 0.802. The molecule has 1 atom stereocenters. The maximum absolute atomic E-state index is 9.19. The second-order valence-electron chi connectivity index (χ2n) is 7.38. The number of morpholine rings is 1. The molecule has 3 aliphatic rings. The molecule has 0 saturated carbocycles. The van der Waals surface area contributed by atoms with Crippen molar-refractivity contribution in [3.8, 4) is 6.07 Å². The Bertz CT molecular complexity index is 1000. The zero-order valence-corrected chi connectivity index (χ0v) is 16.2. The van der Waals surface area contributed by atoms with Crippen LogP contribution in [-0.2, 0) is 11.2 Å². The van der Waals surface area contributed by atoms with Crippen molar-refractivity contribution in [2.45, 2.75) is 12.8 Å². The van der Waals surface area contributed by atoms with Gasteiger partial charge in [0.2, 0.25) is 5.95 Å². The monoisotopic (exact) mass is 386 g/mol. The maximum Gasteiger partial charge on any atom is 0.228 e. The van der Waals surface area contributed by atoms with Gasteiger partial charge >= 0.3 is 0 Å². The number of fused-ring (bicyclic) bond motifs is 1. The minimum atomic E-state index is -0.0563. The summed E-state index contributed by atoms with van der Waals surface area (Å²) in [6.45, 7) is 3.81. The topological polar surface area (TPSA) is 78.2 Å². The summed E-state index contributed by atoms with van der Waals surface area (Å²) >= 11 is 0. The number of aromatic nitrogens is 3. The summed E-state index contributed by atoms with van der Waals surface area (Å²) in [5.41, 5.74) is 4.27. The molecule has 7 heteroatoms. The molecular weight excluding hydrogens is 364 g/mol. The summed E-state index contributed by atoms with van der Waals surface area (Å²) in [6.07, 6.45) is 11.4. The minimum absolute atomic E-state index is 0.0563. The van der Waals surface area contributed by atoms with E-state index >= 15 is 0 Å². The summed E-state index contributed by atoms with van der Waals surface area (Å²) in [6, 6.07) is 6.33. The molecule has 0 bridgehead atoms. The molecule has 0 spiro atoms. The third-order valence-corrected chi connectivity index (χ3v) is 5.61. The van der Waals surface area contributed by atoms with Gasteiger partial charge in [-0.15, -0.1) is 0 Å². The van der Waals surface area contributed by atoms with Crippen LogP contribution in [0.5, 0.6) is 0 Å². The zero-order valence-electron chi connectivity index (χ0n) is 16.2. The first kappa shape index (κ1) is 17.8. The van der Waals surface area contributed by atoms with Gasteiger partial charge < -0.3 is 14.5 Å². The molecule has 5 rings (SSSR count). The van der Waals surface area contributed by atoms with E-state index in [1.165, 1.54) is 0 Å². The molecule has 2 aliphatic heterocycles. The first-order valence-corrected chi connectivity index (χ1v) is 10.0. The molecule has 146 valence electrons. The largest absolute Gasteiger partial charge is 0.378 e. The van der Waals surface area contributed by atoms with Gasteiger partial charge in [0.1, 0.15) is 5.82 Å². The molecule has 0 amide bonds. The van der Waals surface area contributed by atoms with Gasteiger partial charge in [-0.2, -0.15) is 10.2 Å². The Hall–Kier alpha value is -3.24. The predicted molar refractivity (Wildman–Crippen MR) is 111 cm³/mol. The summed E-state index contributed by atoms with van der Waals surface area (Å²) < 4.78 is 5.51. The van der Waals surface area contributed by atoms with Crippen molar-refractivity contribution in [3.05, 3.63) is 54.0 Å². The van der Waals surface area contributed by atoms with Gasteiger partial charge in [0, 0.05) is 31.4 Å². The second kappa shape index (κ2) is 7.64. The van der Waals surface area contributed by atoms with Crippen molar-refractivity contribution in [2.24, 2.45) is 5.92 Å². The highest BCUT2D eigenvalue weighted by Crippen LogP contribution is 2.38. The number of pyridine rings is 1. The van der Waals surface area contributed by atoms with Crippen molar-refractivity contribution in [3.63, 3.8) is 0 Å². The van der Waals surface area contributed by atoms with Gasteiger partial charge in [0.05, 0.1) is 42.8 Å². The Labute approximate surface area is 170 Å². The number of hydrogen-bond donors (Lipinski definition) is 0. The number of anilines is 3. The van der Waals surface area contributed by atoms with Crippen LogP contribution in [-0.4, -0.2) is 47.8 Å². The van der Waals surface area contributed by atoms with E-state index in [1.807, 2.05) is 24.4 Å². The van der Waals surface area contributed by atoms with E-state index in [0.717, 1.165) is 66.8 Å². The Kier molecular flexibility index (Phi) is 4.70. The molecule has 0 N–H and O–H groups in total. The number of ether oxygens (including phenoxy) is 1. The molecule has 1 unspecified atom stereocenters. The van der Waals surface area contributed by atoms with Crippen LogP contribution in [0.1, 0.15) is 17.7 Å². The van der Waals surface area contributed by atoms with Gasteiger partial charge in [0.25, 0.3) is 0 Å². The Balaban J connectivity index is 1.59. The maximum atomic E-state index is 9.19. The van der Waals surface area contributed by atoms with Gasteiger partial charge in [-0.1, -0.05) is 18.2 Å². The molecule has 7 nitrogen and oxygen atoms in total. The first-order valence-electron chi connectivity index (χ1n) is 10.0. The molecular formula is C22H22N6O. The third-order valence-electron chi connectivity index (χ3n) is 5.61. The predicted octanol–water partition coefficient (Wildman–Crippen LogP) is 2.89. The van der Waals surface area contributed by atoms with Crippen LogP contribution >= 0.6 is 0 Å². The van der Waals surface area contributed by atoms with Crippen molar-refractivity contribution in [2.75, 3.05) is 42.6 Å². The van der Waals surface area contributed by atoms with Crippen LogP contribution in [0.25, 0.3) is 5.57 Å². The fourth-order valence-electron chi connectivity index (χ4n) is 4.04. The van der Waals surface area contributed by atoms with E-state index < -0.39 is 0 Å². The lowest BCUT2D eigenvalue weighted by atomic mass is 9.94. The molecule has 0 aromatic carbocycles. The van der Waals surface area contributed by atoms with E-state index in [1.54, 1.807) is 6.20 Å². The lowest BCUT2D eigenvalue weighted by molar-refractivity contribution is 0.122. The fourth-order valence-corrected chi connectivity index (χ4v) is 4.04. The molecule has 4 heterocycles. The fraction of sp³-hybridized carbons (Fsp3) is 0.364. The molecule has 1 saturated heterocycles. The van der Waals surface area contributed by atoms with Crippen LogP contribution in [0, 0.1) is 17.2 Å². The van der Waals surface area contributed by atoms with Crippen molar-refractivity contribution < 1.29 is 4.74 Å². The van der Waals surface area contributed by atoms with Gasteiger partial charge in [-0.3, -0.25) is 4.98 Å². The number of nitriles is 1. The lowest BCUT2D eigenvalue weighted by Crippen LogP contribution is -2.37. The van der Waals surface area contributed by atoms with Crippen molar-refractivity contribution >= 4 is 23.0 Å². The number of hydrogen-bond acceptors (Lipinski definition) is 7. The van der Waals surface area contributed by atoms with Crippen molar-refractivity contribution in [1.82, 2.24) is 15.0 Å². The molecule has 0 radical (unpaired) electrons. The van der Waals surface area contributed by atoms with E-state index in [4.69, 9.17) is 14.7 Å². The van der Waals surface area contributed by atoms with Gasteiger partial charge in [-0.05, 0) is 30.5 Å². The van der Waals surface area contributed by atoms with E-state index in [-0.39, 0.29) is 5.92 Å². The number of nitrogens with zero attached hydrogens (tertiary/aromatic N) is 6. The number of rotatable bonds is 3. The molecule has 1 fully saturated rings. The molecule has 1 aliphatic carbocycles. The number of allylic oxidation sites excluding steroid dienone is 4. The van der Waals surface area contributed by atoms with E-state index in [9.17, 15) is 5.26 Å². The second-order valence-corrected chi connectivity index (χ2v) is 7.38. The molecule has 29 heavy (non-hydrogen) atoms. The molecule has 2 aromatic rings. The van der Waals surface area contributed by atoms with Crippen LogP contribution in [0.15, 0.2) is 42.8 Å². The summed E-state index contributed by atoms with van der Waals surface area (Å²) in [5.74, 6) is 1.65. The highest BCUT2D eigenvalue weighted by atomic mass is 16.5. The van der Waals surface area contributed by atoms with Crippen LogP contribution in [0.3, 0.4) is 0 Å². The summed E-state index contributed by atoms with van der Waals surface area (Å²) in [5, 5.41) is 9.19. The average molecular weight is 386 g/mol. The summed E-state index contributed by atoms with van der Waals surface area (Å²) in [7, 11) is 0. The van der Waals surface area contributed by atoms with Crippen LogP contribution < -0.4 is 9.80 Å². The zero-order chi connectivity index (χ0) is 19.6. The van der Waals surface area contributed by atoms with E-state index in [2.05, 4.69) is 33.0 Å². The summed E-state index contributed by atoms with van der Waals surface area (Å²) in [4.78, 5) is 18.7. The van der Waals surface area contributed by atoms with Crippen molar-refractivity contribution in [1.29, 1.82) is 5.26 Å². The van der Waals surface area contributed by atoms with Gasteiger partial charge in [0.15, 0.2) is 0 Å². The molecule has 2 aromatic heterocycles. The SMILES string of the molecule is N#CC1C=CC(c2nc(N3CCOCC3)nc3c2CCN3c2cccnc2)=CC1. The van der Waals surface area contributed by atoms with Gasteiger partial charge in [-0.25, -0.2) is 4.98 Å². The van der Waals surface area contributed by atoms with Crippen LogP contribution in [0.2, 0.25) is 0 Å². The smallest absolute Gasteiger partial charge is 0.228 e. The van der Waals surface area contributed by atoms with E-state index in [0.29, 0.717) is 13.2 Å².